The summed E-state index contributed by atoms with van der Waals surface area (Å²) in [6.07, 6.45) is -4.52. The third-order valence-electron chi connectivity index (χ3n) is 3.77. The zero-order valence-electron chi connectivity index (χ0n) is 14.2. The van der Waals surface area contributed by atoms with Crippen LogP contribution in [-0.2, 0) is 17.5 Å². The molecule has 0 atom stereocenters. The van der Waals surface area contributed by atoms with E-state index in [-0.39, 0.29) is 5.69 Å². The lowest BCUT2D eigenvalue weighted by Gasteiger charge is -2.11. The number of rotatable bonds is 4. The lowest BCUT2D eigenvalue weighted by Crippen LogP contribution is -2.29. The smallest absolute Gasteiger partial charge is 0.324 e. The van der Waals surface area contributed by atoms with Crippen molar-refractivity contribution in [3.63, 3.8) is 0 Å². The zero-order valence-corrected chi connectivity index (χ0v) is 15.0. The van der Waals surface area contributed by atoms with Gasteiger partial charge in [0.15, 0.2) is 0 Å². The molecule has 1 heterocycles. The van der Waals surface area contributed by atoms with E-state index in [0.717, 1.165) is 16.8 Å². The maximum atomic E-state index is 12.8. The van der Waals surface area contributed by atoms with Gasteiger partial charge in [0, 0.05) is 22.3 Å². The van der Waals surface area contributed by atoms with E-state index in [2.05, 4.69) is 10.4 Å². The molecule has 0 aliphatic carbocycles. The van der Waals surface area contributed by atoms with Crippen LogP contribution in [0, 0.1) is 0 Å². The van der Waals surface area contributed by atoms with Crippen molar-refractivity contribution < 1.29 is 18.0 Å². The van der Waals surface area contributed by atoms with Gasteiger partial charge < -0.3 is 5.32 Å². The Balaban J connectivity index is 1.78. The van der Waals surface area contributed by atoms with Crippen LogP contribution in [0.2, 0.25) is 5.02 Å². The first-order chi connectivity index (χ1) is 13.2. The number of hydrogen-bond acceptors (Lipinski definition) is 3. The molecule has 0 saturated heterocycles. The van der Waals surface area contributed by atoms with Gasteiger partial charge in [-0.2, -0.15) is 18.3 Å². The number of aromatic nitrogens is 2. The monoisotopic (exact) mass is 407 g/mol. The second kappa shape index (κ2) is 7.85. The number of halogens is 4. The van der Waals surface area contributed by atoms with Crippen LogP contribution in [0.3, 0.4) is 0 Å². The summed E-state index contributed by atoms with van der Waals surface area (Å²) in [4.78, 5) is 24.2. The fourth-order valence-electron chi connectivity index (χ4n) is 2.45. The highest BCUT2D eigenvalue weighted by Crippen LogP contribution is 2.30. The molecule has 1 aromatic heterocycles. The lowest BCUT2D eigenvalue weighted by atomic mass is 10.1. The molecule has 0 aliphatic heterocycles. The molecule has 3 aromatic rings. The Hall–Kier alpha value is -3.13. The van der Waals surface area contributed by atoms with Crippen LogP contribution >= 0.6 is 11.6 Å². The fourth-order valence-corrected chi connectivity index (χ4v) is 2.57. The van der Waals surface area contributed by atoms with Gasteiger partial charge >= 0.3 is 6.18 Å². The quantitative estimate of drug-likeness (QED) is 0.704. The van der Waals surface area contributed by atoms with Gasteiger partial charge in [-0.05, 0) is 36.4 Å². The largest absolute Gasteiger partial charge is 0.416 e. The fraction of sp³-hybridized carbons (Fsp3) is 0.105. The number of anilines is 1. The van der Waals surface area contributed by atoms with Crippen LogP contribution in [-0.4, -0.2) is 15.7 Å². The molecule has 0 unspecified atom stereocenters. The normalized spacial score (nSPS) is 11.3. The number of nitrogens with one attached hydrogen (secondary N) is 1. The number of carbonyl (C=O) groups excluding carboxylic acids is 1. The minimum atomic E-state index is -4.52. The Morgan fingerprint density at radius 3 is 2.46 bits per heavy atom. The van der Waals surface area contributed by atoms with Crippen molar-refractivity contribution in [2.24, 2.45) is 0 Å². The second-order valence-corrected chi connectivity index (χ2v) is 6.28. The Kier molecular flexibility index (Phi) is 5.51. The summed E-state index contributed by atoms with van der Waals surface area (Å²) in [7, 11) is 0. The summed E-state index contributed by atoms with van der Waals surface area (Å²) in [5.41, 5.74) is -0.288. The summed E-state index contributed by atoms with van der Waals surface area (Å²) < 4.78 is 39.2. The topological polar surface area (TPSA) is 64.0 Å². The van der Waals surface area contributed by atoms with Gasteiger partial charge in [-0.25, -0.2) is 4.68 Å². The number of carbonyl (C=O) groups is 1. The van der Waals surface area contributed by atoms with E-state index in [1.807, 2.05) is 0 Å². The molecular formula is C19H13ClF3N3O2. The maximum Gasteiger partial charge on any atom is 0.416 e. The predicted molar refractivity (Wildman–Crippen MR) is 99.0 cm³/mol. The lowest BCUT2D eigenvalue weighted by molar-refractivity contribution is -0.137. The molecule has 1 N–H and O–H groups in total. The summed E-state index contributed by atoms with van der Waals surface area (Å²) in [5, 5.41) is 7.01. The number of amides is 1. The first-order valence-corrected chi connectivity index (χ1v) is 8.41. The summed E-state index contributed by atoms with van der Waals surface area (Å²) in [5.74, 6) is -0.679. The van der Waals surface area contributed by atoms with Gasteiger partial charge in [0.2, 0.25) is 5.91 Å². The molecule has 144 valence electrons. The molecule has 0 saturated carbocycles. The summed E-state index contributed by atoms with van der Waals surface area (Å²) in [6.45, 7) is -0.448. The molecule has 2 aromatic carbocycles. The zero-order chi connectivity index (χ0) is 20.3. The number of nitrogens with zero attached hydrogens (tertiary/aromatic N) is 2. The van der Waals surface area contributed by atoms with Crippen LogP contribution in [0.1, 0.15) is 5.56 Å². The number of benzene rings is 2. The van der Waals surface area contributed by atoms with E-state index in [0.29, 0.717) is 16.3 Å². The maximum absolute atomic E-state index is 12.8. The summed E-state index contributed by atoms with van der Waals surface area (Å²) >= 11 is 5.84. The van der Waals surface area contributed by atoms with Crippen LogP contribution in [0.15, 0.2) is 65.5 Å². The number of hydrogen-bond donors (Lipinski definition) is 1. The van der Waals surface area contributed by atoms with Crippen molar-refractivity contribution >= 4 is 23.2 Å². The Bertz CT molecular complexity index is 1060. The average molecular weight is 408 g/mol. The molecule has 0 bridgehead atoms. The van der Waals surface area contributed by atoms with E-state index in [1.165, 1.54) is 24.3 Å². The van der Waals surface area contributed by atoms with Crippen LogP contribution in [0.25, 0.3) is 11.3 Å². The number of alkyl halides is 3. The van der Waals surface area contributed by atoms with Crippen LogP contribution < -0.4 is 10.9 Å². The van der Waals surface area contributed by atoms with Gasteiger partial charge in [0.1, 0.15) is 6.54 Å². The highest BCUT2D eigenvalue weighted by atomic mass is 35.5. The molecule has 3 rings (SSSR count). The van der Waals surface area contributed by atoms with Crippen molar-refractivity contribution in [2.75, 3.05) is 5.32 Å². The highest BCUT2D eigenvalue weighted by Gasteiger charge is 2.30. The molecular weight excluding hydrogens is 395 g/mol. The van der Waals surface area contributed by atoms with E-state index >= 15 is 0 Å². The summed E-state index contributed by atoms with van der Waals surface area (Å²) in [6, 6.07) is 13.7. The Labute approximate surface area is 162 Å². The van der Waals surface area contributed by atoms with Crippen molar-refractivity contribution in [1.29, 1.82) is 0 Å². The molecule has 0 radical (unpaired) electrons. The van der Waals surface area contributed by atoms with Crippen LogP contribution in [0.5, 0.6) is 0 Å². The van der Waals surface area contributed by atoms with Crippen molar-refractivity contribution in [2.45, 2.75) is 12.7 Å². The van der Waals surface area contributed by atoms with E-state index < -0.39 is 29.8 Å². The minimum absolute atomic E-state index is 0.0262. The van der Waals surface area contributed by atoms with Gasteiger partial charge in [-0.1, -0.05) is 29.8 Å². The molecule has 0 fully saturated rings. The molecule has 9 heteroatoms. The molecule has 5 nitrogen and oxygen atoms in total. The molecule has 1 amide bonds. The second-order valence-electron chi connectivity index (χ2n) is 5.85. The average Bonchev–Trinajstić information content (AvgIpc) is 2.64. The SMILES string of the molecule is O=C(Cn1nc(-c2ccc(Cl)cc2)ccc1=O)Nc1cccc(C(F)(F)F)c1. The first-order valence-electron chi connectivity index (χ1n) is 8.03. The molecule has 0 aliphatic rings. The van der Waals surface area contributed by atoms with E-state index in [1.54, 1.807) is 24.3 Å². The third kappa shape index (κ3) is 4.77. The third-order valence-corrected chi connectivity index (χ3v) is 4.03. The van der Waals surface area contributed by atoms with Gasteiger partial charge in [-0.3, -0.25) is 9.59 Å². The van der Waals surface area contributed by atoms with Crippen molar-refractivity contribution in [3.8, 4) is 11.3 Å². The highest BCUT2D eigenvalue weighted by molar-refractivity contribution is 6.30. The van der Waals surface area contributed by atoms with Crippen LogP contribution in [0.4, 0.5) is 18.9 Å². The van der Waals surface area contributed by atoms with Crippen molar-refractivity contribution in [3.05, 3.63) is 81.6 Å². The van der Waals surface area contributed by atoms with E-state index in [4.69, 9.17) is 11.6 Å². The minimum Gasteiger partial charge on any atom is -0.324 e. The molecule has 28 heavy (non-hydrogen) atoms. The Morgan fingerprint density at radius 2 is 1.79 bits per heavy atom. The standard InChI is InChI=1S/C19H13ClF3N3O2/c20-14-6-4-12(5-7-14)16-8-9-18(28)26(25-16)11-17(27)24-15-3-1-2-13(10-15)19(21,22)23/h1-10H,11H2,(H,24,27). The Morgan fingerprint density at radius 1 is 1.07 bits per heavy atom. The molecule has 0 spiro atoms. The first kappa shape index (κ1) is 19.6. The predicted octanol–water partition coefficient (Wildman–Crippen LogP) is 4.22. The van der Waals surface area contributed by atoms with E-state index in [9.17, 15) is 22.8 Å². The van der Waals surface area contributed by atoms with Gasteiger partial charge in [0.25, 0.3) is 5.56 Å². The van der Waals surface area contributed by atoms with Gasteiger partial charge in [0.05, 0.1) is 11.3 Å². The van der Waals surface area contributed by atoms with Crippen molar-refractivity contribution in [1.82, 2.24) is 9.78 Å². The van der Waals surface area contributed by atoms with Gasteiger partial charge in [-0.15, -0.1) is 0 Å².